The molecule has 2 heterocycles. The first kappa shape index (κ1) is 17.8. The number of carboxylic acid groups (broad SMARTS) is 1. The van der Waals surface area contributed by atoms with Crippen molar-refractivity contribution in [2.45, 2.75) is 0 Å². The molecule has 0 saturated heterocycles. The van der Waals surface area contributed by atoms with E-state index in [0.29, 0.717) is 28.1 Å². The second-order valence-corrected chi connectivity index (χ2v) is 4.60. The Morgan fingerprint density at radius 1 is 1.13 bits per heavy atom. The van der Waals surface area contributed by atoms with Crippen molar-refractivity contribution in [3.05, 3.63) is 42.0 Å². The van der Waals surface area contributed by atoms with Crippen LogP contribution in [0.3, 0.4) is 0 Å². The van der Waals surface area contributed by atoms with Gasteiger partial charge in [0.25, 0.3) is 0 Å². The van der Waals surface area contributed by atoms with Crippen molar-refractivity contribution in [3.8, 4) is 11.3 Å². The van der Waals surface area contributed by atoms with Gasteiger partial charge in [-0.1, -0.05) is 18.2 Å². The number of hydrogen-bond acceptors (Lipinski definition) is 6. The van der Waals surface area contributed by atoms with E-state index in [1.807, 2.05) is 0 Å². The SMILES string of the molecule is CNc1nc(N)nc2nc(-c3ccccc3C(=O)O)ccc12.[KH]. The molecule has 1 aromatic carbocycles. The second-order valence-electron chi connectivity index (χ2n) is 4.60. The van der Waals surface area contributed by atoms with Gasteiger partial charge in [0, 0.05) is 12.6 Å². The maximum absolute atomic E-state index is 11.3. The van der Waals surface area contributed by atoms with Crippen LogP contribution in [0.5, 0.6) is 0 Å². The summed E-state index contributed by atoms with van der Waals surface area (Å²) in [6.45, 7) is 0. The van der Waals surface area contributed by atoms with Crippen LogP contribution in [0.1, 0.15) is 10.4 Å². The number of hydrogen-bond donors (Lipinski definition) is 3. The second kappa shape index (κ2) is 7.32. The summed E-state index contributed by atoms with van der Waals surface area (Å²) in [5, 5.41) is 12.9. The molecule has 112 valence electrons. The third kappa shape index (κ3) is 3.51. The van der Waals surface area contributed by atoms with Gasteiger partial charge in [-0.2, -0.15) is 9.97 Å². The summed E-state index contributed by atoms with van der Waals surface area (Å²) in [5.41, 5.74) is 7.31. The molecule has 8 heteroatoms. The zero-order valence-corrected chi connectivity index (χ0v) is 11.7. The number of aromatic nitrogens is 3. The Balaban J connectivity index is 0.00000192. The van der Waals surface area contributed by atoms with Crippen LogP contribution in [0.4, 0.5) is 11.8 Å². The Hall–Kier alpha value is -1.58. The number of nitrogens with two attached hydrogens (primary N) is 1. The van der Waals surface area contributed by atoms with Crippen LogP contribution in [-0.4, -0.2) is 84.5 Å². The van der Waals surface area contributed by atoms with Gasteiger partial charge in [-0.05, 0) is 18.2 Å². The molecule has 7 nitrogen and oxygen atoms in total. The van der Waals surface area contributed by atoms with Crippen molar-refractivity contribution >= 4 is 80.2 Å². The molecule has 0 atom stereocenters. The van der Waals surface area contributed by atoms with E-state index in [9.17, 15) is 9.90 Å². The van der Waals surface area contributed by atoms with E-state index in [4.69, 9.17) is 5.73 Å². The number of nitrogens with zero attached hydrogens (tertiary/aromatic N) is 3. The van der Waals surface area contributed by atoms with Crippen molar-refractivity contribution < 1.29 is 9.90 Å². The first-order valence-corrected chi connectivity index (χ1v) is 6.55. The summed E-state index contributed by atoms with van der Waals surface area (Å²) < 4.78 is 0. The number of fused-ring (bicyclic) bond motifs is 1. The van der Waals surface area contributed by atoms with Crippen LogP contribution in [-0.2, 0) is 0 Å². The van der Waals surface area contributed by atoms with Gasteiger partial charge >= 0.3 is 57.4 Å². The predicted octanol–water partition coefficient (Wildman–Crippen LogP) is 1.37. The molecule has 0 saturated carbocycles. The summed E-state index contributed by atoms with van der Waals surface area (Å²) in [4.78, 5) is 24.0. The molecule has 0 spiro atoms. The van der Waals surface area contributed by atoms with Crippen LogP contribution < -0.4 is 11.1 Å². The van der Waals surface area contributed by atoms with Crippen molar-refractivity contribution in [2.75, 3.05) is 18.1 Å². The summed E-state index contributed by atoms with van der Waals surface area (Å²) >= 11 is 0. The van der Waals surface area contributed by atoms with Crippen LogP contribution >= 0.6 is 0 Å². The standard InChI is InChI=1S/C15H13N5O2.K.H/c1-17-12-10-6-7-11(18-13(10)20-15(16)19-12)8-4-2-3-5-9(8)14(21)22;;/h2-7H,1H3,(H,21,22)(H3,16,17,18,19,20);;. The van der Waals surface area contributed by atoms with E-state index in [1.54, 1.807) is 37.4 Å². The molecule has 0 aliphatic heterocycles. The van der Waals surface area contributed by atoms with Gasteiger partial charge < -0.3 is 16.2 Å². The van der Waals surface area contributed by atoms with E-state index in [2.05, 4.69) is 20.3 Å². The fourth-order valence-electron chi connectivity index (χ4n) is 2.26. The minimum absolute atomic E-state index is 0. The van der Waals surface area contributed by atoms with Crippen molar-refractivity contribution in [2.24, 2.45) is 0 Å². The molecule has 0 fully saturated rings. The molecule has 0 unspecified atom stereocenters. The number of carbonyl (C=O) groups is 1. The number of nitrogens with one attached hydrogen (secondary N) is 1. The number of nitrogen functional groups attached to an aromatic ring is 1. The molecular formula is C15H14KN5O2. The average Bonchev–Trinajstić information content (AvgIpc) is 2.53. The third-order valence-corrected chi connectivity index (χ3v) is 3.25. The molecular weight excluding hydrogens is 321 g/mol. The summed E-state index contributed by atoms with van der Waals surface area (Å²) in [7, 11) is 1.73. The summed E-state index contributed by atoms with van der Waals surface area (Å²) in [5.74, 6) is -0.322. The number of anilines is 2. The molecule has 0 radical (unpaired) electrons. The molecule has 3 rings (SSSR count). The normalized spacial score (nSPS) is 10.1. The number of rotatable bonds is 3. The molecule has 4 N–H and O–H groups in total. The average molecular weight is 335 g/mol. The van der Waals surface area contributed by atoms with Crippen LogP contribution in [0.2, 0.25) is 0 Å². The van der Waals surface area contributed by atoms with Gasteiger partial charge in [-0.15, -0.1) is 0 Å². The van der Waals surface area contributed by atoms with E-state index >= 15 is 0 Å². The van der Waals surface area contributed by atoms with Gasteiger partial charge in [0.05, 0.1) is 16.6 Å². The Bertz CT molecular complexity index is 885. The number of carboxylic acids is 1. The van der Waals surface area contributed by atoms with E-state index in [0.717, 1.165) is 0 Å². The Morgan fingerprint density at radius 3 is 2.57 bits per heavy atom. The van der Waals surface area contributed by atoms with E-state index in [-0.39, 0.29) is 62.9 Å². The maximum atomic E-state index is 11.3. The first-order valence-electron chi connectivity index (χ1n) is 6.55. The van der Waals surface area contributed by atoms with Crippen molar-refractivity contribution in [3.63, 3.8) is 0 Å². The van der Waals surface area contributed by atoms with E-state index in [1.165, 1.54) is 6.07 Å². The fraction of sp³-hybridized carbons (Fsp3) is 0.0667. The monoisotopic (exact) mass is 335 g/mol. The quantitative estimate of drug-likeness (QED) is 0.619. The Morgan fingerprint density at radius 2 is 1.87 bits per heavy atom. The van der Waals surface area contributed by atoms with Crippen LogP contribution in [0.15, 0.2) is 36.4 Å². The number of aromatic carboxylic acids is 1. The van der Waals surface area contributed by atoms with Crippen molar-refractivity contribution in [1.29, 1.82) is 0 Å². The van der Waals surface area contributed by atoms with Crippen LogP contribution in [0.25, 0.3) is 22.3 Å². The summed E-state index contributed by atoms with van der Waals surface area (Å²) in [6, 6.07) is 10.2. The molecule has 0 aliphatic rings. The molecule has 0 bridgehead atoms. The van der Waals surface area contributed by atoms with Gasteiger partial charge in [0.2, 0.25) is 5.95 Å². The van der Waals surface area contributed by atoms with E-state index < -0.39 is 5.97 Å². The van der Waals surface area contributed by atoms with Gasteiger partial charge in [-0.3, -0.25) is 0 Å². The predicted molar refractivity (Wildman–Crippen MR) is 90.8 cm³/mol. The molecule has 3 aromatic rings. The Kier molecular flexibility index (Phi) is 5.66. The zero-order valence-electron chi connectivity index (χ0n) is 11.7. The third-order valence-electron chi connectivity index (χ3n) is 3.25. The number of pyridine rings is 1. The summed E-state index contributed by atoms with van der Waals surface area (Å²) in [6.07, 6.45) is 0. The van der Waals surface area contributed by atoms with Crippen molar-refractivity contribution in [1.82, 2.24) is 15.0 Å². The molecule has 2 aromatic heterocycles. The van der Waals surface area contributed by atoms with Crippen LogP contribution in [0, 0.1) is 0 Å². The fourth-order valence-corrected chi connectivity index (χ4v) is 2.26. The van der Waals surface area contributed by atoms with Gasteiger partial charge in [0.1, 0.15) is 5.82 Å². The molecule has 0 amide bonds. The Labute approximate surface area is 174 Å². The minimum atomic E-state index is -1.00. The van der Waals surface area contributed by atoms with Gasteiger partial charge in [-0.25, -0.2) is 9.78 Å². The van der Waals surface area contributed by atoms with Gasteiger partial charge in [0.15, 0.2) is 5.65 Å². The zero-order chi connectivity index (χ0) is 15.7. The topological polar surface area (TPSA) is 114 Å². The number of benzene rings is 1. The molecule has 0 aliphatic carbocycles. The first-order chi connectivity index (χ1) is 10.6. The molecule has 23 heavy (non-hydrogen) atoms.